The lowest BCUT2D eigenvalue weighted by atomic mass is 10.1. The van der Waals surface area contributed by atoms with Gasteiger partial charge in [0.2, 0.25) is 0 Å². The summed E-state index contributed by atoms with van der Waals surface area (Å²) in [6, 6.07) is 4.53. The molecule has 116 valence electrons. The number of benzene rings is 1. The molecule has 2 rings (SSSR count). The van der Waals surface area contributed by atoms with Crippen LogP contribution < -0.4 is 5.32 Å². The average molecular weight is 315 g/mol. The third kappa shape index (κ3) is 4.15. The largest absolute Gasteiger partial charge is 0.379 e. The summed E-state index contributed by atoms with van der Waals surface area (Å²) in [5.41, 5.74) is 0.0154. The molecule has 1 aromatic carbocycles. The molecule has 1 aromatic rings. The Morgan fingerprint density at radius 1 is 1.62 bits per heavy atom. The Labute approximate surface area is 129 Å². The van der Waals surface area contributed by atoms with Crippen LogP contribution in [0.4, 0.5) is 4.39 Å². The van der Waals surface area contributed by atoms with E-state index in [0.717, 1.165) is 12.6 Å². The van der Waals surface area contributed by atoms with Gasteiger partial charge in [-0.05, 0) is 32.0 Å². The highest BCUT2D eigenvalue weighted by molar-refractivity contribution is 6.30. The van der Waals surface area contributed by atoms with Gasteiger partial charge in [0.15, 0.2) is 0 Å². The smallest absolute Gasteiger partial charge is 0.254 e. The lowest BCUT2D eigenvalue weighted by Crippen LogP contribution is -2.51. The van der Waals surface area contributed by atoms with Crippen molar-refractivity contribution in [1.82, 2.24) is 10.2 Å². The van der Waals surface area contributed by atoms with Gasteiger partial charge in [-0.2, -0.15) is 0 Å². The minimum atomic E-state index is -0.604. The molecular weight excluding hydrogens is 295 g/mol. The number of nitrogens with zero attached hydrogens (tertiary/aromatic N) is 1. The number of amides is 1. The molecule has 1 heterocycles. The van der Waals surface area contributed by atoms with E-state index in [-0.39, 0.29) is 16.6 Å². The number of hydrogen-bond donors (Lipinski definition) is 1. The van der Waals surface area contributed by atoms with Crippen molar-refractivity contribution in [2.75, 3.05) is 26.3 Å². The fourth-order valence-electron chi connectivity index (χ4n) is 2.52. The molecule has 1 N–H and O–H groups in total. The van der Waals surface area contributed by atoms with Crippen LogP contribution in [0, 0.1) is 5.82 Å². The molecule has 4 nitrogen and oxygen atoms in total. The van der Waals surface area contributed by atoms with Gasteiger partial charge in [0.1, 0.15) is 5.82 Å². The van der Waals surface area contributed by atoms with Crippen LogP contribution in [0.15, 0.2) is 18.2 Å². The summed E-state index contributed by atoms with van der Waals surface area (Å²) in [7, 11) is 0. The van der Waals surface area contributed by atoms with Crippen LogP contribution >= 0.6 is 11.6 Å². The minimum absolute atomic E-state index is 0.0154. The fraction of sp³-hybridized carbons (Fsp3) is 0.533. The Kier molecular flexibility index (Phi) is 5.56. The lowest BCUT2D eigenvalue weighted by Gasteiger charge is -2.37. The summed E-state index contributed by atoms with van der Waals surface area (Å²) < 4.78 is 19.1. The third-order valence-corrected chi connectivity index (χ3v) is 3.95. The Bertz CT molecular complexity index is 512. The molecule has 6 heteroatoms. The van der Waals surface area contributed by atoms with Gasteiger partial charge >= 0.3 is 0 Å². The third-order valence-electron chi connectivity index (χ3n) is 3.72. The maximum Gasteiger partial charge on any atom is 0.254 e. The molecule has 0 aliphatic carbocycles. The molecule has 0 saturated carbocycles. The van der Waals surface area contributed by atoms with Crippen molar-refractivity contribution in [2.45, 2.75) is 25.9 Å². The van der Waals surface area contributed by atoms with E-state index in [0.29, 0.717) is 25.8 Å². The van der Waals surface area contributed by atoms with Crippen molar-refractivity contribution < 1.29 is 13.9 Å². The van der Waals surface area contributed by atoms with E-state index in [9.17, 15) is 9.18 Å². The molecule has 2 unspecified atom stereocenters. The van der Waals surface area contributed by atoms with E-state index in [2.05, 4.69) is 17.1 Å². The van der Waals surface area contributed by atoms with Crippen molar-refractivity contribution in [2.24, 2.45) is 0 Å². The quantitative estimate of drug-likeness (QED) is 0.927. The Morgan fingerprint density at radius 2 is 2.38 bits per heavy atom. The van der Waals surface area contributed by atoms with Crippen LogP contribution in [0.25, 0.3) is 0 Å². The normalized spacial score (nSPS) is 21.0. The molecular formula is C15H20ClFN2O2. The first-order valence-electron chi connectivity index (χ1n) is 7.05. The van der Waals surface area contributed by atoms with Crippen molar-refractivity contribution in [3.8, 4) is 0 Å². The van der Waals surface area contributed by atoms with Crippen molar-refractivity contribution in [1.29, 1.82) is 0 Å². The summed E-state index contributed by atoms with van der Waals surface area (Å²) in [5.74, 6) is -1.02. The number of ether oxygens (including phenoxy) is 1. The van der Waals surface area contributed by atoms with Gasteiger partial charge in [0.25, 0.3) is 5.91 Å². The monoisotopic (exact) mass is 314 g/mol. The van der Waals surface area contributed by atoms with Gasteiger partial charge < -0.3 is 10.1 Å². The predicted octanol–water partition coefficient (Wildman–Crippen LogP) is 2.32. The molecule has 0 bridgehead atoms. The molecule has 1 saturated heterocycles. The van der Waals surface area contributed by atoms with E-state index in [1.807, 2.05) is 6.92 Å². The number of hydrogen-bond acceptors (Lipinski definition) is 3. The zero-order chi connectivity index (χ0) is 15.4. The van der Waals surface area contributed by atoms with Crippen LogP contribution in [0.5, 0.6) is 0 Å². The molecule has 21 heavy (non-hydrogen) atoms. The average Bonchev–Trinajstić information content (AvgIpc) is 2.45. The number of rotatable bonds is 4. The second-order valence-corrected chi connectivity index (χ2v) is 5.78. The minimum Gasteiger partial charge on any atom is -0.379 e. The number of carbonyl (C=O) groups is 1. The van der Waals surface area contributed by atoms with Crippen molar-refractivity contribution in [3.63, 3.8) is 0 Å². The van der Waals surface area contributed by atoms with Gasteiger partial charge in [-0.15, -0.1) is 0 Å². The second kappa shape index (κ2) is 7.20. The summed E-state index contributed by atoms with van der Waals surface area (Å²) in [6.07, 6.45) is 0. The van der Waals surface area contributed by atoms with E-state index in [4.69, 9.17) is 16.3 Å². The van der Waals surface area contributed by atoms with Crippen LogP contribution in [0.1, 0.15) is 24.2 Å². The number of nitrogens with one attached hydrogen (secondary N) is 1. The molecule has 1 aliphatic rings. The first-order valence-corrected chi connectivity index (χ1v) is 7.43. The maximum absolute atomic E-state index is 13.7. The van der Waals surface area contributed by atoms with E-state index < -0.39 is 11.7 Å². The first kappa shape index (κ1) is 16.2. The van der Waals surface area contributed by atoms with Gasteiger partial charge in [-0.3, -0.25) is 9.69 Å². The van der Waals surface area contributed by atoms with Crippen LogP contribution in [0.2, 0.25) is 5.02 Å². The highest BCUT2D eigenvalue weighted by atomic mass is 35.5. The molecule has 1 amide bonds. The van der Waals surface area contributed by atoms with Crippen LogP contribution in [-0.2, 0) is 4.74 Å². The zero-order valence-corrected chi connectivity index (χ0v) is 13.0. The first-order chi connectivity index (χ1) is 9.99. The highest BCUT2D eigenvalue weighted by Crippen LogP contribution is 2.15. The second-order valence-electron chi connectivity index (χ2n) is 5.34. The fourth-order valence-corrected chi connectivity index (χ4v) is 2.68. The predicted molar refractivity (Wildman–Crippen MR) is 80.2 cm³/mol. The summed E-state index contributed by atoms with van der Waals surface area (Å²) in [6.45, 7) is 6.84. The van der Waals surface area contributed by atoms with Crippen molar-refractivity contribution >= 4 is 17.5 Å². The van der Waals surface area contributed by atoms with Gasteiger partial charge in [-0.25, -0.2) is 4.39 Å². The van der Waals surface area contributed by atoms with Gasteiger partial charge in [0.05, 0.1) is 18.8 Å². The number of morpholine rings is 1. The highest BCUT2D eigenvalue weighted by Gasteiger charge is 2.24. The lowest BCUT2D eigenvalue weighted by molar-refractivity contribution is -0.0178. The summed E-state index contributed by atoms with van der Waals surface area (Å²) in [4.78, 5) is 14.3. The molecule has 1 aliphatic heterocycles. The maximum atomic E-state index is 13.7. The SMILES string of the molecule is CC(CNC(=O)c1ccc(Cl)cc1F)N1CCOCC1C. The summed E-state index contributed by atoms with van der Waals surface area (Å²) >= 11 is 5.68. The molecule has 0 aromatic heterocycles. The summed E-state index contributed by atoms with van der Waals surface area (Å²) in [5, 5.41) is 3.05. The number of carbonyl (C=O) groups excluding carboxylic acids is 1. The molecule has 1 fully saturated rings. The Balaban J connectivity index is 1.91. The standard InChI is InChI=1S/C15H20ClFN2O2/c1-10(19-5-6-21-9-11(19)2)8-18-15(20)13-4-3-12(16)7-14(13)17/h3-4,7,10-11H,5-6,8-9H2,1-2H3,(H,18,20). The molecule has 0 spiro atoms. The molecule has 2 atom stereocenters. The van der Waals surface area contributed by atoms with Crippen LogP contribution in [0.3, 0.4) is 0 Å². The molecule has 0 radical (unpaired) electrons. The van der Waals surface area contributed by atoms with Crippen molar-refractivity contribution in [3.05, 3.63) is 34.6 Å². The van der Waals surface area contributed by atoms with E-state index in [1.54, 1.807) is 0 Å². The Morgan fingerprint density at radius 3 is 3.05 bits per heavy atom. The van der Waals surface area contributed by atoms with Gasteiger partial charge in [-0.1, -0.05) is 11.6 Å². The van der Waals surface area contributed by atoms with E-state index >= 15 is 0 Å². The van der Waals surface area contributed by atoms with E-state index in [1.165, 1.54) is 12.1 Å². The topological polar surface area (TPSA) is 41.6 Å². The number of halogens is 2. The van der Waals surface area contributed by atoms with Gasteiger partial charge in [0, 0.05) is 30.2 Å². The zero-order valence-electron chi connectivity index (χ0n) is 12.2. The Hall–Kier alpha value is -1.17. The van der Waals surface area contributed by atoms with Crippen LogP contribution in [-0.4, -0.2) is 49.2 Å².